The van der Waals surface area contributed by atoms with Crippen molar-refractivity contribution in [3.05, 3.63) is 23.8 Å². The molecule has 0 fully saturated rings. The number of carbonyl (C=O) groups is 1. The summed E-state index contributed by atoms with van der Waals surface area (Å²) in [6, 6.07) is 5.46. The standard InChI is InChI=1S/C28H46O6/c1-2-3-4-5-6-7-8-9-10-11-12-13-26(29)25-14-15-27-28(24-25)34-23-21-32-19-17-30-16-18-31-20-22-33-27/h14-15,24H,2-13,16-23H2,1H3. The van der Waals surface area contributed by atoms with E-state index >= 15 is 0 Å². The largest absolute Gasteiger partial charge is 0.487 e. The first-order valence-electron chi connectivity index (χ1n) is 13.5. The van der Waals surface area contributed by atoms with Crippen LogP contribution in [0.5, 0.6) is 11.5 Å². The van der Waals surface area contributed by atoms with Gasteiger partial charge < -0.3 is 23.7 Å². The molecule has 0 aromatic heterocycles. The molecule has 1 heterocycles. The van der Waals surface area contributed by atoms with Crippen LogP contribution in [0.25, 0.3) is 0 Å². The number of hydrogen-bond acceptors (Lipinski definition) is 6. The van der Waals surface area contributed by atoms with Crippen molar-refractivity contribution in [2.75, 3.05) is 52.9 Å². The van der Waals surface area contributed by atoms with E-state index in [0.717, 1.165) is 12.8 Å². The van der Waals surface area contributed by atoms with Crippen molar-refractivity contribution in [1.82, 2.24) is 0 Å². The summed E-state index contributed by atoms with van der Waals surface area (Å²) in [6.07, 6.45) is 14.6. The van der Waals surface area contributed by atoms with Crippen LogP contribution in [-0.4, -0.2) is 58.6 Å². The van der Waals surface area contributed by atoms with Crippen LogP contribution in [0.4, 0.5) is 0 Å². The number of carbonyl (C=O) groups excluding carboxylic acids is 1. The maximum Gasteiger partial charge on any atom is 0.163 e. The first-order valence-corrected chi connectivity index (χ1v) is 13.5. The van der Waals surface area contributed by atoms with E-state index in [0.29, 0.717) is 76.3 Å². The lowest BCUT2D eigenvalue weighted by Crippen LogP contribution is -2.13. The van der Waals surface area contributed by atoms with Crippen molar-refractivity contribution < 1.29 is 28.5 Å². The molecule has 0 amide bonds. The first kappa shape index (κ1) is 28.6. The van der Waals surface area contributed by atoms with Gasteiger partial charge in [0.2, 0.25) is 0 Å². The van der Waals surface area contributed by atoms with E-state index in [2.05, 4.69) is 6.92 Å². The van der Waals surface area contributed by atoms with Gasteiger partial charge in [-0.3, -0.25) is 4.79 Å². The number of fused-ring (bicyclic) bond motifs is 1. The smallest absolute Gasteiger partial charge is 0.163 e. The molecule has 0 unspecified atom stereocenters. The zero-order chi connectivity index (χ0) is 24.1. The Kier molecular flexibility index (Phi) is 16.5. The van der Waals surface area contributed by atoms with Crippen molar-refractivity contribution in [2.45, 2.75) is 84.0 Å². The lowest BCUT2D eigenvalue weighted by Gasteiger charge is -2.14. The van der Waals surface area contributed by atoms with Crippen molar-refractivity contribution in [1.29, 1.82) is 0 Å². The molecule has 0 N–H and O–H groups in total. The van der Waals surface area contributed by atoms with Crippen molar-refractivity contribution in [3.8, 4) is 11.5 Å². The van der Waals surface area contributed by atoms with Gasteiger partial charge in [0.1, 0.15) is 13.2 Å². The lowest BCUT2D eigenvalue weighted by molar-refractivity contribution is 0.00708. The zero-order valence-electron chi connectivity index (χ0n) is 21.3. The molecule has 2 rings (SSSR count). The van der Waals surface area contributed by atoms with Gasteiger partial charge in [0.05, 0.1) is 39.6 Å². The lowest BCUT2D eigenvalue weighted by atomic mass is 10.0. The second-order valence-electron chi connectivity index (χ2n) is 8.90. The maximum absolute atomic E-state index is 12.7. The summed E-state index contributed by atoms with van der Waals surface area (Å²) in [6.45, 7) is 6.12. The average Bonchev–Trinajstić information content (AvgIpc) is 2.86. The number of Topliss-reactive ketones (excluding diaryl/α,β-unsaturated/α-hetero) is 1. The van der Waals surface area contributed by atoms with Crippen LogP contribution in [-0.2, 0) is 14.2 Å². The number of ether oxygens (including phenoxy) is 5. The summed E-state index contributed by atoms with van der Waals surface area (Å²) in [4.78, 5) is 12.7. The minimum atomic E-state index is 0.162. The van der Waals surface area contributed by atoms with Crippen molar-refractivity contribution in [2.24, 2.45) is 0 Å². The summed E-state index contributed by atoms with van der Waals surface area (Å²) < 4.78 is 28.2. The van der Waals surface area contributed by atoms with Gasteiger partial charge in [-0.1, -0.05) is 71.1 Å². The number of hydrogen-bond donors (Lipinski definition) is 0. The Bertz CT molecular complexity index is 648. The van der Waals surface area contributed by atoms with Gasteiger partial charge in [-0.2, -0.15) is 0 Å². The summed E-state index contributed by atoms with van der Waals surface area (Å²) in [5, 5.41) is 0. The fourth-order valence-corrected chi connectivity index (χ4v) is 3.97. The molecule has 1 aromatic carbocycles. The molecule has 6 heteroatoms. The van der Waals surface area contributed by atoms with Gasteiger partial charge in [0.15, 0.2) is 17.3 Å². The maximum atomic E-state index is 12.7. The van der Waals surface area contributed by atoms with E-state index in [4.69, 9.17) is 23.7 Å². The highest BCUT2D eigenvalue weighted by atomic mass is 16.6. The molecule has 0 saturated heterocycles. The van der Waals surface area contributed by atoms with Gasteiger partial charge in [-0.05, 0) is 24.6 Å². The van der Waals surface area contributed by atoms with Crippen LogP contribution in [0.1, 0.15) is 94.3 Å². The first-order chi connectivity index (χ1) is 16.8. The van der Waals surface area contributed by atoms with Gasteiger partial charge in [-0.15, -0.1) is 0 Å². The fraction of sp³-hybridized carbons (Fsp3) is 0.750. The van der Waals surface area contributed by atoms with Crippen molar-refractivity contribution in [3.63, 3.8) is 0 Å². The number of benzene rings is 1. The summed E-state index contributed by atoms with van der Waals surface area (Å²) in [5.41, 5.74) is 0.679. The predicted molar refractivity (Wildman–Crippen MR) is 135 cm³/mol. The number of ketones is 1. The molecule has 34 heavy (non-hydrogen) atoms. The summed E-state index contributed by atoms with van der Waals surface area (Å²) in [7, 11) is 0. The van der Waals surface area contributed by atoms with E-state index in [-0.39, 0.29) is 5.78 Å². The van der Waals surface area contributed by atoms with Crippen molar-refractivity contribution >= 4 is 5.78 Å². The Labute approximate surface area is 206 Å². The van der Waals surface area contributed by atoms with Gasteiger partial charge >= 0.3 is 0 Å². The third-order valence-corrected chi connectivity index (χ3v) is 5.99. The normalized spacial score (nSPS) is 15.9. The van der Waals surface area contributed by atoms with E-state index in [9.17, 15) is 4.79 Å². The molecule has 1 aliphatic rings. The third-order valence-electron chi connectivity index (χ3n) is 5.99. The second-order valence-corrected chi connectivity index (χ2v) is 8.90. The molecule has 0 aliphatic carbocycles. The molecular weight excluding hydrogens is 432 g/mol. The molecular formula is C28H46O6. The van der Waals surface area contributed by atoms with Crippen LogP contribution < -0.4 is 9.47 Å². The van der Waals surface area contributed by atoms with Crippen LogP contribution in [0.15, 0.2) is 18.2 Å². The highest BCUT2D eigenvalue weighted by Gasteiger charge is 2.12. The number of unbranched alkanes of at least 4 members (excludes halogenated alkanes) is 10. The molecule has 1 aromatic rings. The molecule has 0 spiro atoms. The van der Waals surface area contributed by atoms with Gasteiger partial charge in [0.25, 0.3) is 0 Å². The minimum Gasteiger partial charge on any atom is -0.487 e. The van der Waals surface area contributed by atoms with E-state index in [1.807, 2.05) is 12.1 Å². The molecule has 0 atom stereocenters. The topological polar surface area (TPSA) is 63.2 Å². The van der Waals surface area contributed by atoms with E-state index in [1.165, 1.54) is 57.8 Å². The monoisotopic (exact) mass is 478 g/mol. The predicted octanol–water partition coefficient (Wildman–Crippen LogP) is 6.39. The van der Waals surface area contributed by atoms with E-state index in [1.54, 1.807) is 6.07 Å². The quantitative estimate of drug-likeness (QED) is 0.242. The van der Waals surface area contributed by atoms with Crippen LogP contribution in [0, 0.1) is 0 Å². The molecule has 6 nitrogen and oxygen atoms in total. The SMILES string of the molecule is CCCCCCCCCCCCCC(=O)c1ccc2c(c1)OCCOCCOCCOCCO2. The molecule has 0 saturated carbocycles. The molecule has 1 aliphatic heterocycles. The van der Waals surface area contributed by atoms with E-state index < -0.39 is 0 Å². The van der Waals surface area contributed by atoms with Crippen LogP contribution >= 0.6 is 0 Å². The molecule has 0 bridgehead atoms. The Balaban J connectivity index is 1.70. The highest BCUT2D eigenvalue weighted by molar-refractivity contribution is 5.96. The van der Waals surface area contributed by atoms with Crippen LogP contribution in [0.2, 0.25) is 0 Å². The average molecular weight is 479 g/mol. The summed E-state index contributed by atoms with van der Waals surface area (Å²) in [5.74, 6) is 1.37. The minimum absolute atomic E-state index is 0.162. The summed E-state index contributed by atoms with van der Waals surface area (Å²) >= 11 is 0. The Morgan fingerprint density at radius 2 is 1.09 bits per heavy atom. The zero-order valence-corrected chi connectivity index (χ0v) is 21.3. The van der Waals surface area contributed by atoms with Crippen LogP contribution in [0.3, 0.4) is 0 Å². The highest BCUT2D eigenvalue weighted by Crippen LogP contribution is 2.29. The Morgan fingerprint density at radius 3 is 1.65 bits per heavy atom. The third kappa shape index (κ3) is 13.3. The fourth-order valence-electron chi connectivity index (χ4n) is 3.97. The van der Waals surface area contributed by atoms with Gasteiger partial charge in [0, 0.05) is 12.0 Å². The van der Waals surface area contributed by atoms with Gasteiger partial charge in [-0.25, -0.2) is 0 Å². The Hall–Kier alpha value is -1.63. The number of rotatable bonds is 13. The molecule has 194 valence electrons. The molecule has 0 radical (unpaired) electrons. The Morgan fingerprint density at radius 1 is 0.618 bits per heavy atom. The second kappa shape index (κ2) is 19.7.